The third-order valence-corrected chi connectivity index (χ3v) is 3.78. The van der Waals surface area contributed by atoms with Gasteiger partial charge in [0.15, 0.2) is 0 Å². The molecule has 1 aromatic carbocycles. The van der Waals surface area contributed by atoms with E-state index in [1.807, 2.05) is 0 Å². The van der Waals surface area contributed by atoms with Crippen LogP contribution in [0.4, 0.5) is 0 Å². The second kappa shape index (κ2) is 6.91. The summed E-state index contributed by atoms with van der Waals surface area (Å²) in [5.74, 6) is 0. The maximum Gasteiger partial charge on any atom is 0.0426 e. The molecule has 0 aliphatic heterocycles. The molecule has 0 amide bonds. The van der Waals surface area contributed by atoms with Crippen molar-refractivity contribution in [2.75, 3.05) is 13.6 Å². The van der Waals surface area contributed by atoms with Crippen LogP contribution in [0.3, 0.4) is 0 Å². The van der Waals surface area contributed by atoms with Crippen molar-refractivity contribution >= 4 is 0 Å². The van der Waals surface area contributed by atoms with Crippen LogP contribution in [-0.2, 0) is 0 Å². The van der Waals surface area contributed by atoms with Gasteiger partial charge in [-0.1, -0.05) is 37.1 Å². The molecule has 0 saturated carbocycles. The molecule has 2 N–H and O–H groups in total. The number of likely N-dealkylation sites (N-methyl/N-ethyl adjacent to an activating group) is 1. The topological polar surface area (TPSA) is 29.3 Å². The summed E-state index contributed by atoms with van der Waals surface area (Å²) in [6.07, 6.45) is 2.46. The fraction of sp³-hybridized carbons (Fsp3) is 0.625. The summed E-state index contributed by atoms with van der Waals surface area (Å²) in [5, 5.41) is 0. The Morgan fingerprint density at radius 1 is 1.28 bits per heavy atom. The quantitative estimate of drug-likeness (QED) is 0.836. The van der Waals surface area contributed by atoms with Crippen LogP contribution in [0, 0.1) is 13.8 Å². The molecular weight excluding hydrogens is 220 g/mol. The molecule has 1 rings (SSSR count). The summed E-state index contributed by atoms with van der Waals surface area (Å²) in [5.41, 5.74) is 10.2. The molecule has 0 aliphatic rings. The van der Waals surface area contributed by atoms with Crippen molar-refractivity contribution in [1.29, 1.82) is 0 Å². The summed E-state index contributed by atoms with van der Waals surface area (Å²) in [7, 11) is 2.17. The normalized spacial score (nSPS) is 14.8. The monoisotopic (exact) mass is 248 g/mol. The Hall–Kier alpha value is -0.860. The first-order valence-electron chi connectivity index (χ1n) is 6.98. The minimum atomic E-state index is 0.106. The number of aryl methyl sites for hydroxylation is 2. The highest BCUT2D eigenvalue weighted by Gasteiger charge is 2.15. The number of hydrogen-bond acceptors (Lipinski definition) is 2. The maximum absolute atomic E-state index is 6.36. The highest BCUT2D eigenvalue weighted by molar-refractivity contribution is 5.33. The van der Waals surface area contributed by atoms with Crippen molar-refractivity contribution in [3.05, 3.63) is 34.9 Å². The van der Waals surface area contributed by atoms with E-state index in [1.165, 1.54) is 29.5 Å². The molecule has 0 bridgehead atoms. The standard InChI is InChI=1S/C16H28N2/c1-6-7-14(4)18(5)11-16(17)15-10-12(2)8-9-13(15)3/h8-10,14,16H,6-7,11,17H2,1-5H3. The van der Waals surface area contributed by atoms with Crippen molar-refractivity contribution < 1.29 is 0 Å². The maximum atomic E-state index is 6.36. The summed E-state index contributed by atoms with van der Waals surface area (Å²) in [6, 6.07) is 7.24. The molecule has 0 radical (unpaired) electrons. The van der Waals surface area contributed by atoms with Crippen LogP contribution >= 0.6 is 0 Å². The number of rotatable bonds is 6. The largest absolute Gasteiger partial charge is 0.323 e. The summed E-state index contributed by atoms with van der Waals surface area (Å²) in [4.78, 5) is 2.37. The van der Waals surface area contributed by atoms with E-state index in [2.05, 4.69) is 57.8 Å². The summed E-state index contributed by atoms with van der Waals surface area (Å²) < 4.78 is 0. The number of hydrogen-bond donors (Lipinski definition) is 1. The Kier molecular flexibility index (Phi) is 5.83. The lowest BCUT2D eigenvalue weighted by molar-refractivity contribution is 0.231. The van der Waals surface area contributed by atoms with E-state index in [4.69, 9.17) is 5.73 Å². The number of nitrogens with zero attached hydrogens (tertiary/aromatic N) is 1. The zero-order valence-electron chi connectivity index (χ0n) is 12.5. The second-order valence-corrected chi connectivity index (χ2v) is 5.54. The van der Waals surface area contributed by atoms with Crippen molar-refractivity contribution in [1.82, 2.24) is 4.90 Å². The van der Waals surface area contributed by atoms with Crippen LogP contribution in [0.2, 0.25) is 0 Å². The molecule has 0 saturated heterocycles. The van der Waals surface area contributed by atoms with E-state index in [9.17, 15) is 0 Å². The third-order valence-electron chi connectivity index (χ3n) is 3.78. The lowest BCUT2D eigenvalue weighted by Crippen LogP contribution is -2.35. The lowest BCUT2D eigenvalue weighted by Gasteiger charge is -2.28. The van der Waals surface area contributed by atoms with E-state index in [-0.39, 0.29) is 6.04 Å². The molecule has 18 heavy (non-hydrogen) atoms. The van der Waals surface area contributed by atoms with Crippen molar-refractivity contribution in [3.63, 3.8) is 0 Å². The van der Waals surface area contributed by atoms with Gasteiger partial charge in [-0.05, 0) is 45.4 Å². The van der Waals surface area contributed by atoms with Gasteiger partial charge in [-0.3, -0.25) is 0 Å². The fourth-order valence-electron chi connectivity index (χ4n) is 2.39. The number of nitrogens with two attached hydrogens (primary N) is 1. The van der Waals surface area contributed by atoms with Crippen LogP contribution in [0.15, 0.2) is 18.2 Å². The SMILES string of the molecule is CCCC(C)N(C)CC(N)c1cc(C)ccc1C. The van der Waals surface area contributed by atoms with E-state index in [0.717, 1.165) is 6.54 Å². The molecular formula is C16H28N2. The van der Waals surface area contributed by atoms with E-state index >= 15 is 0 Å². The van der Waals surface area contributed by atoms with E-state index < -0.39 is 0 Å². The predicted octanol–water partition coefficient (Wildman–Crippen LogP) is 3.42. The predicted molar refractivity (Wildman–Crippen MR) is 79.8 cm³/mol. The van der Waals surface area contributed by atoms with Crippen molar-refractivity contribution in [2.24, 2.45) is 5.73 Å². The van der Waals surface area contributed by atoms with Crippen LogP contribution in [-0.4, -0.2) is 24.5 Å². The minimum Gasteiger partial charge on any atom is -0.323 e. The number of benzene rings is 1. The van der Waals surface area contributed by atoms with Gasteiger partial charge in [-0.25, -0.2) is 0 Å². The van der Waals surface area contributed by atoms with Crippen molar-refractivity contribution in [2.45, 2.75) is 52.6 Å². The van der Waals surface area contributed by atoms with Gasteiger partial charge in [-0.2, -0.15) is 0 Å². The van der Waals surface area contributed by atoms with Crippen LogP contribution < -0.4 is 5.73 Å². The molecule has 102 valence electrons. The van der Waals surface area contributed by atoms with Gasteiger partial charge in [0.2, 0.25) is 0 Å². The summed E-state index contributed by atoms with van der Waals surface area (Å²) in [6.45, 7) is 9.70. The lowest BCUT2D eigenvalue weighted by atomic mass is 9.98. The van der Waals surface area contributed by atoms with Crippen LogP contribution in [0.25, 0.3) is 0 Å². The van der Waals surface area contributed by atoms with Gasteiger partial charge in [0, 0.05) is 18.6 Å². The highest BCUT2D eigenvalue weighted by atomic mass is 15.1. The molecule has 0 aliphatic carbocycles. The average molecular weight is 248 g/mol. The smallest absolute Gasteiger partial charge is 0.0426 e. The van der Waals surface area contributed by atoms with Gasteiger partial charge >= 0.3 is 0 Å². The zero-order valence-corrected chi connectivity index (χ0v) is 12.5. The Morgan fingerprint density at radius 2 is 1.94 bits per heavy atom. The van der Waals surface area contributed by atoms with Gasteiger partial charge in [-0.15, -0.1) is 0 Å². The molecule has 0 fully saturated rings. The molecule has 2 heteroatoms. The molecule has 1 aromatic rings. The first-order chi connectivity index (χ1) is 8.45. The van der Waals surface area contributed by atoms with Gasteiger partial charge in [0.25, 0.3) is 0 Å². The van der Waals surface area contributed by atoms with E-state index in [1.54, 1.807) is 0 Å². The Bertz CT molecular complexity index is 373. The van der Waals surface area contributed by atoms with Gasteiger partial charge < -0.3 is 10.6 Å². The molecule has 2 nitrogen and oxygen atoms in total. The molecule has 2 unspecified atom stereocenters. The zero-order chi connectivity index (χ0) is 13.7. The van der Waals surface area contributed by atoms with Crippen molar-refractivity contribution in [3.8, 4) is 0 Å². The Balaban J connectivity index is 2.69. The first kappa shape index (κ1) is 15.2. The van der Waals surface area contributed by atoms with Crippen LogP contribution in [0.5, 0.6) is 0 Å². The second-order valence-electron chi connectivity index (χ2n) is 5.54. The van der Waals surface area contributed by atoms with E-state index in [0.29, 0.717) is 6.04 Å². The van der Waals surface area contributed by atoms with Crippen LogP contribution in [0.1, 0.15) is 49.4 Å². The summed E-state index contributed by atoms with van der Waals surface area (Å²) >= 11 is 0. The van der Waals surface area contributed by atoms with Gasteiger partial charge in [0.05, 0.1) is 0 Å². The Labute approximate surface area is 112 Å². The minimum absolute atomic E-state index is 0.106. The van der Waals surface area contributed by atoms with Gasteiger partial charge in [0.1, 0.15) is 0 Å². The molecule has 2 atom stereocenters. The third kappa shape index (κ3) is 4.11. The Morgan fingerprint density at radius 3 is 2.56 bits per heavy atom. The molecule has 0 spiro atoms. The first-order valence-corrected chi connectivity index (χ1v) is 6.98. The average Bonchev–Trinajstić information content (AvgIpc) is 2.32. The molecule has 0 aromatic heterocycles. The fourth-order valence-corrected chi connectivity index (χ4v) is 2.39. The molecule has 0 heterocycles. The highest BCUT2D eigenvalue weighted by Crippen LogP contribution is 2.19.